The molecule has 0 unspecified atom stereocenters. The van der Waals surface area contributed by atoms with E-state index in [0.717, 1.165) is 68.3 Å². The maximum atomic E-state index is 13.8. The average Bonchev–Trinajstić information content (AvgIpc) is 3.14. The Kier molecular flexibility index (Phi) is 9.12. The molecule has 0 fully saturated rings. The fourth-order valence-corrected chi connectivity index (χ4v) is 6.19. The van der Waals surface area contributed by atoms with Crippen LogP contribution in [-0.2, 0) is 25.7 Å². The molecule has 0 saturated heterocycles. The van der Waals surface area contributed by atoms with Crippen LogP contribution in [0.1, 0.15) is 22.3 Å². The number of nitrogen functional groups attached to an aromatic ring is 2. The highest BCUT2D eigenvalue weighted by Crippen LogP contribution is 2.29. The molecule has 0 radical (unpaired) electrons. The number of halogens is 2. The highest BCUT2D eigenvalue weighted by atomic mass is 19.1. The molecule has 9 heteroatoms. The van der Waals surface area contributed by atoms with Crippen molar-refractivity contribution in [3.8, 4) is 5.75 Å². The van der Waals surface area contributed by atoms with Crippen LogP contribution in [0.15, 0.2) is 116 Å². The minimum Gasteiger partial charge on any atom is -0.497 e. The lowest BCUT2D eigenvalue weighted by Gasteiger charge is -2.08. The molecule has 8 aromatic rings. The molecule has 4 heterocycles. The molecular weight excluding hydrogens is 630 g/mol. The van der Waals surface area contributed by atoms with E-state index >= 15 is 0 Å². The lowest BCUT2D eigenvalue weighted by atomic mass is 10.0. The standard InChI is InChI=1S/C21H19N3O.C20H15F2N3/c1-25-16-6-4-5-14(11-16)9-10-15-12-18-17-7-2-3-8-19(17)24-21(22)20(18)23-13-15;21-14-8-7-13(17(22)10-14)6-5-12-9-16-15-3-1-2-4-18(15)25-20(23)19(16)24-11-12/h2-8,11-13H,9-10H2,1H3,(H2,22,24);1-4,7-11H,5-6H2,(H2,23,25). The number of para-hydroxylation sites is 2. The summed E-state index contributed by atoms with van der Waals surface area (Å²) in [5.41, 5.74) is 19.1. The summed E-state index contributed by atoms with van der Waals surface area (Å²) in [6.07, 6.45) is 6.54. The van der Waals surface area contributed by atoms with Crippen molar-refractivity contribution in [1.82, 2.24) is 19.9 Å². The average molecular weight is 665 g/mol. The number of nitrogens with zero attached hydrogens (tertiary/aromatic N) is 4. The molecule has 8 rings (SSSR count). The smallest absolute Gasteiger partial charge is 0.150 e. The summed E-state index contributed by atoms with van der Waals surface area (Å²) in [6, 6.07) is 31.8. The second kappa shape index (κ2) is 14.1. The van der Waals surface area contributed by atoms with Gasteiger partial charge in [0.15, 0.2) is 11.6 Å². The molecule has 4 aromatic carbocycles. The van der Waals surface area contributed by atoms with E-state index in [9.17, 15) is 8.78 Å². The van der Waals surface area contributed by atoms with Gasteiger partial charge >= 0.3 is 0 Å². The first kappa shape index (κ1) is 32.3. The minimum atomic E-state index is -0.567. The molecule has 0 amide bonds. The third-order valence-corrected chi connectivity index (χ3v) is 8.78. The van der Waals surface area contributed by atoms with Gasteiger partial charge in [-0.3, -0.25) is 9.97 Å². The second-order valence-electron chi connectivity index (χ2n) is 12.1. The molecule has 0 saturated carbocycles. The van der Waals surface area contributed by atoms with Gasteiger partial charge in [0.1, 0.15) is 28.4 Å². The van der Waals surface area contributed by atoms with Crippen LogP contribution in [0.5, 0.6) is 5.75 Å². The largest absolute Gasteiger partial charge is 0.497 e. The first-order valence-electron chi connectivity index (χ1n) is 16.3. The summed E-state index contributed by atoms with van der Waals surface area (Å²) in [5, 5.41) is 4.06. The van der Waals surface area contributed by atoms with Gasteiger partial charge < -0.3 is 16.2 Å². The van der Waals surface area contributed by atoms with Crippen molar-refractivity contribution in [2.45, 2.75) is 25.7 Å². The van der Waals surface area contributed by atoms with Gasteiger partial charge in [0.05, 0.1) is 18.1 Å². The monoisotopic (exact) mass is 664 g/mol. The molecule has 50 heavy (non-hydrogen) atoms. The minimum absolute atomic E-state index is 0.393. The van der Waals surface area contributed by atoms with Crippen LogP contribution >= 0.6 is 0 Å². The Morgan fingerprint density at radius 2 is 1.12 bits per heavy atom. The van der Waals surface area contributed by atoms with Crippen LogP contribution in [-0.4, -0.2) is 27.0 Å². The van der Waals surface area contributed by atoms with Gasteiger partial charge in [0.25, 0.3) is 0 Å². The molecule has 4 N–H and O–H groups in total. The lowest BCUT2D eigenvalue weighted by Crippen LogP contribution is -1.99. The Morgan fingerprint density at radius 3 is 1.70 bits per heavy atom. The van der Waals surface area contributed by atoms with Gasteiger partial charge in [-0.15, -0.1) is 0 Å². The number of hydrogen-bond acceptors (Lipinski definition) is 7. The number of hydrogen-bond donors (Lipinski definition) is 2. The van der Waals surface area contributed by atoms with Crippen LogP contribution < -0.4 is 16.2 Å². The molecule has 0 aliphatic carbocycles. The maximum absolute atomic E-state index is 13.8. The van der Waals surface area contributed by atoms with Crippen LogP contribution in [0.25, 0.3) is 43.6 Å². The summed E-state index contributed by atoms with van der Waals surface area (Å²) in [6.45, 7) is 0. The summed E-state index contributed by atoms with van der Waals surface area (Å²) < 4.78 is 32.1. The summed E-state index contributed by atoms with van der Waals surface area (Å²) in [4.78, 5) is 17.8. The van der Waals surface area contributed by atoms with E-state index in [1.54, 1.807) is 13.3 Å². The Balaban J connectivity index is 0.000000157. The van der Waals surface area contributed by atoms with Crippen molar-refractivity contribution in [1.29, 1.82) is 0 Å². The van der Waals surface area contributed by atoms with E-state index in [1.165, 1.54) is 23.3 Å². The molecular formula is C41H34F2N6O. The molecule has 0 aliphatic heterocycles. The van der Waals surface area contributed by atoms with Gasteiger partial charge in [-0.05, 0) is 90.4 Å². The first-order valence-corrected chi connectivity index (χ1v) is 16.3. The number of benzene rings is 4. The van der Waals surface area contributed by atoms with E-state index in [2.05, 4.69) is 44.2 Å². The molecule has 0 atom stereocenters. The van der Waals surface area contributed by atoms with Gasteiger partial charge in [0, 0.05) is 40.0 Å². The third kappa shape index (κ3) is 6.84. The molecule has 0 bridgehead atoms. The number of fused-ring (bicyclic) bond motifs is 6. The van der Waals surface area contributed by atoms with E-state index in [-0.39, 0.29) is 0 Å². The van der Waals surface area contributed by atoms with Crippen molar-refractivity contribution in [3.63, 3.8) is 0 Å². The molecule has 7 nitrogen and oxygen atoms in total. The van der Waals surface area contributed by atoms with Crippen molar-refractivity contribution in [2.24, 2.45) is 0 Å². The predicted molar refractivity (Wildman–Crippen MR) is 197 cm³/mol. The highest BCUT2D eigenvalue weighted by molar-refractivity contribution is 6.09. The van der Waals surface area contributed by atoms with Crippen LogP contribution in [0, 0.1) is 11.6 Å². The Morgan fingerprint density at radius 1 is 0.560 bits per heavy atom. The number of methoxy groups -OCH3 is 1. The second-order valence-corrected chi connectivity index (χ2v) is 12.1. The maximum Gasteiger partial charge on any atom is 0.150 e. The van der Waals surface area contributed by atoms with E-state index < -0.39 is 11.6 Å². The fourth-order valence-electron chi connectivity index (χ4n) is 6.19. The van der Waals surface area contributed by atoms with Crippen molar-refractivity contribution in [2.75, 3.05) is 18.6 Å². The topological polar surface area (TPSA) is 113 Å². The van der Waals surface area contributed by atoms with Gasteiger partial charge in [-0.2, -0.15) is 0 Å². The quantitative estimate of drug-likeness (QED) is 0.164. The number of rotatable bonds is 7. The van der Waals surface area contributed by atoms with Crippen LogP contribution in [0.4, 0.5) is 20.4 Å². The summed E-state index contributed by atoms with van der Waals surface area (Å²) in [5.74, 6) is 0.674. The highest BCUT2D eigenvalue weighted by Gasteiger charge is 2.11. The number of nitrogens with two attached hydrogens (primary N) is 2. The van der Waals surface area contributed by atoms with Crippen LogP contribution in [0.2, 0.25) is 0 Å². The van der Waals surface area contributed by atoms with E-state index in [4.69, 9.17) is 16.2 Å². The SMILES string of the molecule is COc1cccc(CCc2cnc3c(N)nc4ccccc4c3c2)c1.Nc1nc2ccccc2c2cc(CCc3ccc(F)cc3F)cnc12. The molecule has 248 valence electrons. The Labute approximate surface area is 287 Å². The zero-order chi connectivity index (χ0) is 34.6. The van der Waals surface area contributed by atoms with E-state index in [0.29, 0.717) is 35.6 Å². The van der Waals surface area contributed by atoms with Gasteiger partial charge in [-0.25, -0.2) is 18.7 Å². The normalized spacial score (nSPS) is 11.2. The van der Waals surface area contributed by atoms with E-state index in [1.807, 2.05) is 66.9 Å². The molecule has 0 aliphatic rings. The Bertz CT molecular complexity index is 2500. The number of aryl methyl sites for hydroxylation is 4. The van der Waals surface area contributed by atoms with Gasteiger partial charge in [0.2, 0.25) is 0 Å². The number of anilines is 2. The molecule has 4 aromatic heterocycles. The predicted octanol–water partition coefficient (Wildman–Crippen LogP) is 8.59. The summed E-state index contributed by atoms with van der Waals surface area (Å²) in [7, 11) is 1.69. The van der Waals surface area contributed by atoms with Crippen molar-refractivity contribution < 1.29 is 13.5 Å². The number of aromatic nitrogens is 4. The van der Waals surface area contributed by atoms with Crippen molar-refractivity contribution >= 4 is 55.2 Å². The Hall–Kier alpha value is -6.22. The zero-order valence-electron chi connectivity index (χ0n) is 27.4. The first-order chi connectivity index (χ1) is 24.4. The number of pyridine rings is 4. The lowest BCUT2D eigenvalue weighted by molar-refractivity contribution is 0.414. The van der Waals surface area contributed by atoms with Crippen molar-refractivity contribution in [3.05, 3.63) is 149 Å². The summed E-state index contributed by atoms with van der Waals surface area (Å²) >= 11 is 0. The van der Waals surface area contributed by atoms with Gasteiger partial charge in [-0.1, -0.05) is 54.6 Å². The van der Waals surface area contributed by atoms with Crippen LogP contribution in [0.3, 0.4) is 0 Å². The zero-order valence-corrected chi connectivity index (χ0v) is 27.4. The third-order valence-electron chi connectivity index (χ3n) is 8.78. The number of ether oxygens (including phenoxy) is 1. The fraction of sp³-hybridized carbons (Fsp3) is 0.122. The molecule has 0 spiro atoms.